The molecule has 47 heavy (non-hydrogen) atoms. The van der Waals surface area contributed by atoms with Crippen molar-refractivity contribution in [2.45, 2.75) is 57.5 Å². The van der Waals surface area contributed by atoms with E-state index in [-0.39, 0.29) is 0 Å². The van der Waals surface area contributed by atoms with Crippen molar-refractivity contribution in [1.29, 1.82) is 0 Å². The first kappa shape index (κ1) is 31.1. The molecule has 0 radical (unpaired) electrons. The van der Waals surface area contributed by atoms with Crippen LogP contribution in [-0.2, 0) is 39.5 Å². The fourth-order valence-corrected chi connectivity index (χ4v) is 8.06. The lowest BCUT2D eigenvalue weighted by molar-refractivity contribution is 0.0684. The maximum absolute atomic E-state index is 12.8. The number of nitrogens with zero attached hydrogens (tertiary/aromatic N) is 6. The van der Waals surface area contributed by atoms with Crippen LogP contribution in [0.15, 0.2) is 59.5 Å². The second-order valence-electron chi connectivity index (χ2n) is 12.7. The van der Waals surface area contributed by atoms with Gasteiger partial charge in [0.2, 0.25) is 0 Å². The van der Waals surface area contributed by atoms with Gasteiger partial charge in [0, 0.05) is 77.6 Å². The highest BCUT2D eigenvalue weighted by Gasteiger charge is 2.27. The SMILES string of the molecule is Cc1ccc2c3c(C)c(C(=O)O)n2CCCOc2cc(cc4ccccc24)SCc2cc(nn2C)CN(C)Cc2nn(C)c(C)c2-c13. The minimum atomic E-state index is -0.925. The molecular formula is C37H40N6O3S. The summed E-state index contributed by atoms with van der Waals surface area (Å²) in [5.74, 6) is 0.699. The maximum atomic E-state index is 12.8. The highest BCUT2D eigenvalue weighted by molar-refractivity contribution is 7.98. The molecule has 0 fully saturated rings. The number of ether oxygens (including phenoxy) is 1. The van der Waals surface area contributed by atoms with E-state index in [0.717, 1.165) is 83.1 Å². The smallest absolute Gasteiger partial charge is 0.352 e. The Kier molecular flexibility index (Phi) is 8.09. The molecule has 1 N–H and O–H groups in total. The van der Waals surface area contributed by atoms with Crippen molar-refractivity contribution in [2.75, 3.05) is 13.7 Å². The van der Waals surface area contributed by atoms with Crippen LogP contribution in [0.25, 0.3) is 32.8 Å². The Morgan fingerprint density at radius 2 is 1.74 bits per heavy atom. The first-order valence-corrected chi connectivity index (χ1v) is 17.0. The largest absolute Gasteiger partial charge is 0.493 e. The van der Waals surface area contributed by atoms with Crippen LogP contribution in [0.1, 0.15) is 50.8 Å². The molecule has 0 aliphatic carbocycles. The predicted molar refractivity (Wildman–Crippen MR) is 187 cm³/mol. The predicted octanol–water partition coefficient (Wildman–Crippen LogP) is 7.26. The van der Waals surface area contributed by atoms with Crippen LogP contribution in [0.2, 0.25) is 0 Å². The molecule has 3 aromatic carbocycles. The third-order valence-corrected chi connectivity index (χ3v) is 10.4. The van der Waals surface area contributed by atoms with Gasteiger partial charge in [-0.2, -0.15) is 10.2 Å². The number of aromatic carboxylic acids is 1. The van der Waals surface area contributed by atoms with Gasteiger partial charge in [0.25, 0.3) is 0 Å². The lowest BCUT2D eigenvalue weighted by atomic mass is 9.92. The summed E-state index contributed by atoms with van der Waals surface area (Å²) in [7, 11) is 6.08. The first-order valence-electron chi connectivity index (χ1n) is 16.0. The topological polar surface area (TPSA) is 90.3 Å². The molecule has 7 rings (SSSR count). The summed E-state index contributed by atoms with van der Waals surface area (Å²) < 4.78 is 12.3. The fourth-order valence-electron chi connectivity index (χ4n) is 7.07. The molecule has 6 aromatic rings. The van der Waals surface area contributed by atoms with Gasteiger partial charge in [-0.25, -0.2) is 4.79 Å². The molecule has 8 bridgehead atoms. The van der Waals surface area contributed by atoms with E-state index in [4.69, 9.17) is 14.9 Å². The average Bonchev–Trinajstić information content (AvgIpc) is 3.62. The van der Waals surface area contributed by atoms with Gasteiger partial charge in [-0.1, -0.05) is 30.3 Å². The second-order valence-corrected chi connectivity index (χ2v) is 13.7. The third-order valence-electron chi connectivity index (χ3n) is 9.39. The minimum Gasteiger partial charge on any atom is -0.493 e. The summed E-state index contributed by atoms with van der Waals surface area (Å²) in [5.41, 5.74) is 9.40. The van der Waals surface area contributed by atoms with E-state index in [1.165, 1.54) is 0 Å². The van der Waals surface area contributed by atoms with Gasteiger partial charge >= 0.3 is 5.97 Å². The second kappa shape index (κ2) is 12.2. The van der Waals surface area contributed by atoms with Crippen LogP contribution in [0.5, 0.6) is 5.75 Å². The number of carboxylic acids is 1. The van der Waals surface area contributed by atoms with Crippen molar-refractivity contribution in [2.24, 2.45) is 14.1 Å². The average molecular weight is 649 g/mol. The molecule has 242 valence electrons. The lowest BCUT2D eigenvalue weighted by Crippen LogP contribution is -2.18. The van der Waals surface area contributed by atoms with E-state index in [1.54, 1.807) is 11.8 Å². The molecular weight excluding hydrogens is 609 g/mol. The Bertz CT molecular complexity index is 2170. The van der Waals surface area contributed by atoms with Crippen molar-refractivity contribution in [1.82, 2.24) is 29.0 Å². The van der Waals surface area contributed by atoms with E-state index < -0.39 is 5.97 Å². The Labute approximate surface area is 278 Å². The highest BCUT2D eigenvalue weighted by atomic mass is 32.2. The number of hydrogen-bond donors (Lipinski definition) is 1. The quantitative estimate of drug-likeness (QED) is 0.201. The number of rotatable bonds is 1. The van der Waals surface area contributed by atoms with E-state index in [0.29, 0.717) is 38.4 Å². The van der Waals surface area contributed by atoms with Crippen molar-refractivity contribution in [3.8, 4) is 16.9 Å². The summed E-state index contributed by atoms with van der Waals surface area (Å²) in [6.07, 6.45) is 0.651. The maximum Gasteiger partial charge on any atom is 0.352 e. The molecule has 9 nitrogen and oxygen atoms in total. The zero-order chi connectivity index (χ0) is 33.0. The fraction of sp³-hybridized carbons (Fsp3) is 0.324. The first-order chi connectivity index (χ1) is 22.6. The molecule has 0 atom stereocenters. The zero-order valence-corrected chi connectivity index (χ0v) is 28.6. The normalized spacial score (nSPS) is 14.7. The zero-order valence-electron chi connectivity index (χ0n) is 27.8. The van der Waals surface area contributed by atoms with Crippen molar-refractivity contribution in [3.05, 3.63) is 94.2 Å². The van der Waals surface area contributed by atoms with Crippen molar-refractivity contribution in [3.63, 3.8) is 0 Å². The van der Waals surface area contributed by atoms with Gasteiger partial charge in [-0.3, -0.25) is 14.3 Å². The molecule has 0 amide bonds. The summed E-state index contributed by atoms with van der Waals surface area (Å²) >= 11 is 1.77. The highest BCUT2D eigenvalue weighted by Crippen LogP contribution is 2.41. The van der Waals surface area contributed by atoms with Gasteiger partial charge in [-0.15, -0.1) is 11.8 Å². The summed E-state index contributed by atoms with van der Waals surface area (Å²) in [6.45, 7) is 8.40. The molecule has 0 unspecified atom stereocenters. The monoisotopic (exact) mass is 648 g/mol. The minimum absolute atomic E-state index is 0.323. The van der Waals surface area contributed by atoms with Crippen molar-refractivity contribution < 1.29 is 14.6 Å². The summed E-state index contributed by atoms with van der Waals surface area (Å²) in [4.78, 5) is 16.2. The van der Waals surface area contributed by atoms with Crippen LogP contribution < -0.4 is 4.74 Å². The van der Waals surface area contributed by atoms with E-state index in [9.17, 15) is 9.90 Å². The lowest BCUT2D eigenvalue weighted by Gasteiger charge is -2.17. The standard InChI is InChI=1S/C37H40N6O3S/c1-22-12-13-31-34-23(2)36(37(44)45)43(31)14-9-15-46-32-18-28(16-25-10-7-8-11-29(25)32)47-21-27-17-26(38-42(27)6)19-40(4)20-30-35(33(22)34)24(3)41(5)39-30/h7-8,10-13,16-18H,9,14-15,19-21H2,1-6H3,(H,44,45). The molecule has 0 saturated heterocycles. The number of benzene rings is 3. The number of carboxylic acid groups (broad SMARTS) is 1. The Morgan fingerprint density at radius 1 is 0.936 bits per heavy atom. The molecule has 1 aliphatic heterocycles. The Morgan fingerprint density at radius 3 is 2.55 bits per heavy atom. The van der Waals surface area contributed by atoms with Gasteiger partial charge in [0.05, 0.1) is 18.0 Å². The van der Waals surface area contributed by atoms with E-state index in [2.05, 4.69) is 74.3 Å². The van der Waals surface area contributed by atoms with Crippen LogP contribution in [-0.4, -0.2) is 53.8 Å². The van der Waals surface area contributed by atoms with Gasteiger partial charge < -0.3 is 14.4 Å². The van der Waals surface area contributed by atoms with Crippen LogP contribution in [0.4, 0.5) is 0 Å². The summed E-state index contributed by atoms with van der Waals surface area (Å²) in [5, 5.41) is 23.5. The third kappa shape index (κ3) is 5.59. The number of aromatic nitrogens is 5. The summed E-state index contributed by atoms with van der Waals surface area (Å²) in [6, 6.07) is 19.0. The van der Waals surface area contributed by atoms with Crippen molar-refractivity contribution >= 4 is 39.4 Å². The molecule has 4 heterocycles. The number of aryl methyl sites for hydroxylation is 5. The number of fused-ring (bicyclic) bond motifs is 8. The van der Waals surface area contributed by atoms with Gasteiger partial charge in [0.15, 0.2) is 0 Å². The van der Waals surface area contributed by atoms with E-state index in [1.807, 2.05) is 41.0 Å². The number of carbonyl (C=O) groups is 1. The Balaban J connectivity index is 1.38. The van der Waals surface area contributed by atoms with Gasteiger partial charge in [0.1, 0.15) is 11.4 Å². The van der Waals surface area contributed by atoms with Crippen LogP contribution >= 0.6 is 11.8 Å². The molecule has 1 aliphatic rings. The molecule has 3 aromatic heterocycles. The molecule has 10 heteroatoms. The number of thioether (sulfide) groups is 1. The Hall–Kier alpha value is -4.54. The van der Waals surface area contributed by atoms with Crippen LogP contribution in [0.3, 0.4) is 0 Å². The number of hydrogen-bond acceptors (Lipinski definition) is 6. The van der Waals surface area contributed by atoms with E-state index >= 15 is 0 Å². The van der Waals surface area contributed by atoms with Crippen LogP contribution in [0, 0.1) is 20.8 Å². The van der Waals surface area contributed by atoms with Gasteiger partial charge in [-0.05, 0) is 80.6 Å². The molecule has 0 saturated carbocycles. The molecule has 0 spiro atoms.